The summed E-state index contributed by atoms with van der Waals surface area (Å²) < 4.78 is 76.5. The van der Waals surface area contributed by atoms with Gasteiger partial charge in [-0.1, -0.05) is 17.7 Å². The highest BCUT2D eigenvalue weighted by atomic mass is 35.5. The second-order valence-corrected chi connectivity index (χ2v) is 15.1. The summed E-state index contributed by atoms with van der Waals surface area (Å²) in [6, 6.07) is 9.07. The molecule has 1 amide bonds. The van der Waals surface area contributed by atoms with Gasteiger partial charge in [-0.05, 0) is 75.6 Å². The topological polar surface area (TPSA) is 149 Å². The van der Waals surface area contributed by atoms with Crippen LogP contribution in [0.3, 0.4) is 0 Å². The molecule has 3 heterocycles. The van der Waals surface area contributed by atoms with Gasteiger partial charge in [0.25, 0.3) is 10.0 Å². The standard InChI is InChI=1S/C34H34ClF2N5O7S/c1-18(43)48-27-17-47-31-23(27)14-21(35)15-28(31)50(45,46)41-26-8-6-24(36)29(30(26)37)19-5-7-25-20(13-19)16-38-32(40-25)39-22-9-11-42(12-10-22)33(44)49-34(2,3)4/h5-8,13-16,22,27,41H,9-12,17H2,1-4H3,(H,38,39,40)/t27-/m1/s1. The molecule has 2 aliphatic rings. The van der Waals surface area contributed by atoms with Crippen molar-refractivity contribution in [3.05, 3.63) is 70.9 Å². The summed E-state index contributed by atoms with van der Waals surface area (Å²) >= 11 is 6.19. The van der Waals surface area contributed by atoms with Crippen molar-refractivity contribution in [1.82, 2.24) is 14.9 Å². The molecule has 12 nitrogen and oxygen atoms in total. The largest absolute Gasteiger partial charge is 0.487 e. The van der Waals surface area contributed by atoms with E-state index in [-0.39, 0.29) is 40.6 Å². The smallest absolute Gasteiger partial charge is 0.410 e. The molecule has 1 saturated heterocycles. The van der Waals surface area contributed by atoms with E-state index in [2.05, 4.69) is 20.0 Å². The molecular weight excluding hydrogens is 696 g/mol. The number of hydrogen-bond donors (Lipinski definition) is 2. The third-order valence-electron chi connectivity index (χ3n) is 8.06. The van der Waals surface area contributed by atoms with E-state index in [4.69, 9.17) is 25.8 Å². The van der Waals surface area contributed by atoms with Gasteiger partial charge in [-0.2, -0.15) is 0 Å². The quantitative estimate of drug-likeness (QED) is 0.194. The van der Waals surface area contributed by atoms with Gasteiger partial charge in [0, 0.05) is 48.2 Å². The van der Waals surface area contributed by atoms with Gasteiger partial charge >= 0.3 is 12.1 Å². The van der Waals surface area contributed by atoms with Crippen molar-refractivity contribution in [1.29, 1.82) is 0 Å². The highest BCUT2D eigenvalue weighted by Crippen LogP contribution is 2.43. The SMILES string of the molecule is CC(=O)O[C@@H]1COc2c1cc(Cl)cc2S(=O)(=O)Nc1ccc(F)c(-c2ccc3nc(NC4CCN(C(=O)OC(C)(C)C)CC4)ncc3c2)c1F. The van der Waals surface area contributed by atoms with Crippen molar-refractivity contribution in [2.24, 2.45) is 0 Å². The van der Waals surface area contributed by atoms with Crippen LogP contribution in [-0.4, -0.2) is 66.7 Å². The maximum absolute atomic E-state index is 16.0. The summed E-state index contributed by atoms with van der Waals surface area (Å²) in [6.07, 6.45) is 1.63. The number of halogens is 3. The van der Waals surface area contributed by atoms with Crippen LogP contribution in [0.4, 0.5) is 25.2 Å². The summed E-state index contributed by atoms with van der Waals surface area (Å²) in [6.45, 7) is 7.57. The van der Waals surface area contributed by atoms with Crippen molar-refractivity contribution >= 4 is 56.2 Å². The van der Waals surface area contributed by atoms with Crippen LogP contribution in [0.15, 0.2) is 53.6 Å². The zero-order chi connectivity index (χ0) is 36.0. The summed E-state index contributed by atoms with van der Waals surface area (Å²) in [4.78, 5) is 34.1. The van der Waals surface area contributed by atoms with Gasteiger partial charge in [0.05, 0.1) is 16.8 Å². The number of sulfonamides is 1. The Labute approximate surface area is 292 Å². The van der Waals surface area contributed by atoms with Gasteiger partial charge < -0.3 is 24.4 Å². The first-order chi connectivity index (χ1) is 23.6. The molecule has 6 rings (SSSR count). The van der Waals surface area contributed by atoms with Gasteiger partial charge in [0.15, 0.2) is 11.9 Å². The number of fused-ring (bicyclic) bond motifs is 2. The Morgan fingerprint density at radius 1 is 1.08 bits per heavy atom. The predicted octanol–water partition coefficient (Wildman–Crippen LogP) is 6.84. The zero-order valence-electron chi connectivity index (χ0n) is 27.6. The molecule has 2 N–H and O–H groups in total. The molecule has 3 aromatic carbocycles. The number of likely N-dealkylation sites (tertiary alicyclic amines) is 1. The van der Waals surface area contributed by atoms with Gasteiger partial charge in [0.2, 0.25) is 5.95 Å². The minimum absolute atomic E-state index is 0.0207. The molecule has 2 aliphatic heterocycles. The van der Waals surface area contributed by atoms with E-state index in [9.17, 15) is 18.0 Å². The third-order valence-corrected chi connectivity index (χ3v) is 9.64. The number of piperidine rings is 1. The Morgan fingerprint density at radius 3 is 2.52 bits per heavy atom. The molecule has 0 bridgehead atoms. The van der Waals surface area contributed by atoms with Crippen LogP contribution in [-0.2, 0) is 24.3 Å². The number of carbonyl (C=O) groups excluding carboxylic acids is 2. The maximum Gasteiger partial charge on any atom is 0.410 e. The van der Waals surface area contributed by atoms with Crippen molar-refractivity contribution in [2.75, 3.05) is 29.7 Å². The van der Waals surface area contributed by atoms with E-state index in [0.717, 1.165) is 18.2 Å². The van der Waals surface area contributed by atoms with Crippen LogP contribution in [0, 0.1) is 11.6 Å². The number of benzene rings is 3. The van der Waals surface area contributed by atoms with Crippen molar-refractivity contribution < 1.29 is 41.0 Å². The summed E-state index contributed by atoms with van der Waals surface area (Å²) in [5.74, 6) is -2.39. The lowest BCUT2D eigenvalue weighted by atomic mass is 10.0. The van der Waals surface area contributed by atoms with Crippen LogP contribution in [0.2, 0.25) is 5.02 Å². The number of aromatic nitrogens is 2. The molecule has 1 fully saturated rings. The first kappa shape index (κ1) is 35.1. The van der Waals surface area contributed by atoms with E-state index in [1.54, 1.807) is 11.0 Å². The predicted molar refractivity (Wildman–Crippen MR) is 182 cm³/mol. The molecule has 1 atom stereocenters. The van der Waals surface area contributed by atoms with Crippen LogP contribution in [0.5, 0.6) is 5.75 Å². The summed E-state index contributed by atoms with van der Waals surface area (Å²) in [5.41, 5.74) is -0.669. The first-order valence-corrected chi connectivity index (χ1v) is 17.6. The number of anilines is 2. The molecule has 0 spiro atoms. The van der Waals surface area contributed by atoms with Gasteiger partial charge in [-0.3, -0.25) is 9.52 Å². The fraction of sp³-hybridized carbons (Fsp3) is 0.353. The average molecular weight is 730 g/mol. The normalized spacial score (nSPS) is 16.5. The monoisotopic (exact) mass is 729 g/mol. The second kappa shape index (κ2) is 13.5. The highest BCUT2D eigenvalue weighted by molar-refractivity contribution is 7.92. The molecule has 16 heteroatoms. The molecule has 0 saturated carbocycles. The molecule has 50 heavy (non-hydrogen) atoms. The van der Waals surface area contributed by atoms with Crippen LogP contribution < -0.4 is 14.8 Å². The van der Waals surface area contributed by atoms with Crippen molar-refractivity contribution in [2.45, 2.75) is 63.2 Å². The Bertz CT molecular complexity index is 2100. The fourth-order valence-corrected chi connectivity index (χ4v) is 7.35. The van der Waals surface area contributed by atoms with E-state index in [1.165, 1.54) is 31.3 Å². The number of hydrogen-bond acceptors (Lipinski definition) is 10. The minimum atomic E-state index is -4.53. The number of amides is 1. The maximum atomic E-state index is 16.0. The lowest BCUT2D eigenvalue weighted by molar-refractivity contribution is -0.147. The molecule has 0 aliphatic carbocycles. The van der Waals surface area contributed by atoms with Gasteiger partial charge in [-0.25, -0.2) is 32.0 Å². The lowest BCUT2D eigenvalue weighted by Crippen LogP contribution is -2.44. The van der Waals surface area contributed by atoms with Gasteiger partial charge in [-0.15, -0.1) is 0 Å². The van der Waals surface area contributed by atoms with Crippen LogP contribution in [0.1, 0.15) is 52.2 Å². The van der Waals surface area contributed by atoms with Crippen molar-refractivity contribution in [3.8, 4) is 16.9 Å². The summed E-state index contributed by atoms with van der Waals surface area (Å²) in [7, 11) is -4.53. The summed E-state index contributed by atoms with van der Waals surface area (Å²) in [5, 5.41) is 3.81. The van der Waals surface area contributed by atoms with Crippen molar-refractivity contribution in [3.63, 3.8) is 0 Å². The number of nitrogens with zero attached hydrogens (tertiary/aromatic N) is 3. The molecule has 4 aromatic rings. The zero-order valence-corrected chi connectivity index (χ0v) is 29.1. The molecule has 264 valence electrons. The van der Waals surface area contributed by atoms with E-state index < -0.39 is 55.5 Å². The van der Waals surface area contributed by atoms with Gasteiger partial charge in [0.1, 0.15) is 28.7 Å². The van der Waals surface area contributed by atoms with Crippen LogP contribution >= 0.6 is 11.6 Å². The second-order valence-electron chi connectivity index (χ2n) is 13.0. The highest BCUT2D eigenvalue weighted by Gasteiger charge is 2.35. The van der Waals surface area contributed by atoms with E-state index in [0.29, 0.717) is 42.8 Å². The van der Waals surface area contributed by atoms with Crippen LogP contribution in [0.25, 0.3) is 22.0 Å². The Kier molecular flexibility index (Phi) is 9.48. The number of ether oxygens (including phenoxy) is 3. The molecule has 0 radical (unpaired) electrons. The Hall–Kier alpha value is -4.76. The van der Waals surface area contributed by atoms with E-state index >= 15 is 8.78 Å². The molecule has 1 aromatic heterocycles. The Morgan fingerprint density at radius 2 is 1.82 bits per heavy atom. The first-order valence-electron chi connectivity index (χ1n) is 15.7. The minimum Gasteiger partial charge on any atom is -0.487 e. The lowest BCUT2D eigenvalue weighted by Gasteiger charge is -2.33. The Balaban J connectivity index is 1.19. The number of nitrogens with one attached hydrogen (secondary N) is 2. The average Bonchev–Trinajstić information content (AvgIpc) is 3.43. The van der Waals surface area contributed by atoms with E-state index in [1.807, 2.05) is 20.8 Å². The number of esters is 1. The molecular formula is C34H34ClF2N5O7S. The number of rotatable bonds is 7. The fourth-order valence-electron chi connectivity index (χ4n) is 5.80. The molecule has 0 unspecified atom stereocenters. The third kappa shape index (κ3) is 7.53. The number of carbonyl (C=O) groups is 2.